The van der Waals surface area contributed by atoms with E-state index in [-0.39, 0.29) is 0 Å². The van der Waals surface area contributed by atoms with E-state index >= 15 is 0 Å². The highest BCUT2D eigenvalue weighted by atomic mass is 15.3. The van der Waals surface area contributed by atoms with Gasteiger partial charge in [-0.25, -0.2) is 10.8 Å². The van der Waals surface area contributed by atoms with Gasteiger partial charge in [-0.2, -0.15) is 0 Å². The third-order valence-electron chi connectivity index (χ3n) is 3.69. The quantitative estimate of drug-likeness (QED) is 0.657. The summed E-state index contributed by atoms with van der Waals surface area (Å²) in [7, 11) is 2.14. The smallest absolute Gasteiger partial charge is 0.139 e. The number of nitrogen functional groups attached to an aromatic ring is 1. The van der Waals surface area contributed by atoms with Crippen LogP contribution in [0.4, 0.5) is 17.2 Å². The molecule has 0 fully saturated rings. The zero-order valence-electron chi connectivity index (χ0n) is 11.6. The SMILES string of the molecule is CN1CCN(Cc2ccc(NN)nc2)c2ccccc21. The number of hydrogen-bond acceptors (Lipinski definition) is 5. The topological polar surface area (TPSA) is 57.4 Å². The molecule has 0 saturated carbocycles. The Bertz CT molecular complexity index is 581. The molecule has 1 aliphatic rings. The molecule has 0 bridgehead atoms. The number of anilines is 3. The summed E-state index contributed by atoms with van der Waals surface area (Å²) in [5.41, 5.74) is 6.30. The van der Waals surface area contributed by atoms with Crippen LogP contribution in [0.2, 0.25) is 0 Å². The Morgan fingerprint density at radius 1 is 1.15 bits per heavy atom. The van der Waals surface area contributed by atoms with Crippen molar-refractivity contribution >= 4 is 17.2 Å². The lowest BCUT2D eigenvalue weighted by Crippen LogP contribution is -2.38. The van der Waals surface area contributed by atoms with Gasteiger partial charge in [0.2, 0.25) is 0 Å². The van der Waals surface area contributed by atoms with Crippen LogP contribution in [-0.2, 0) is 6.54 Å². The molecule has 2 aromatic rings. The van der Waals surface area contributed by atoms with Crippen LogP contribution >= 0.6 is 0 Å². The Morgan fingerprint density at radius 3 is 2.65 bits per heavy atom. The highest BCUT2D eigenvalue weighted by molar-refractivity contribution is 5.73. The number of nitrogens with one attached hydrogen (secondary N) is 1. The van der Waals surface area contributed by atoms with Gasteiger partial charge in [-0.05, 0) is 23.8 Å². The first-order valence-electron chi connectivity index (χ1n) is 6.74. The van der Waals surface area contributed by atoms with Gasteiger partial charge in [-0.3, -0.25) is 0 Å². The van der Waals surface area contributed by atoms with Crippen LogP contribution < -0.4 is 21.1 Å². The van der Waals surface area contributed by atoms with Crippen molar-refractivity contribution in [1.82, 2.24) is 4.98 Å². The zero-order chi connectivity index (χ0) is 13.9. The van der Waals surface area contributed by atoms with Crippen LogP contribution in [-0.4, -0.2) is 25.1 Å². The molecule has 104 valence electrons. The van der Waals surface area contributed by atoms with Crippen molar-refractivity contribution in [3.05, 3.63) is 48.2 Å². The van der Waals surface area contributed by atoms with E-state index in [1.165, 1.54) is 16.9 Å². The van der Waals surface area contributed by atoms with E-state index in [4.69, 9.17) is 5.84 Å². The summed E-state index contributed by atoms with van der Waals surface area (Å²) in [6, 6.07) is 12.5. The van der Waals surface area contributed by atoms with Crippen LogP contribution in [0, 0.1) is 0 Å². The third-order valence-corrected chi connectivity index (χ3v) is 3.69. The average Bonchev–Trinajstić information content (AvgIpc) is 2.51. The number of aromatic nitrogens is 1. The molecule has 0 aliphatic carbocycles. The number of rotatable bonds is 3. The van der Waals surface area contributed by atoms with Crippen molar-refractivity contribution in [2.24, 2.45) is 5.84 Å². The Hall–Kier alpha value is -2.27. The number of hydrogen-bond donors (Lipinski definition) is 2. The molecule has 5 nitrogen and oxygen atoms in total. The van der Waals surface area contributed by atoms with Crippen molar-refractivity contribution in [2.45, 2.75) is 6.54 Å². The molecule has 2 heterocycles. The molecule has 0 atom stereocenters. The number of pyridine rings is 1. The van der Waals surface area contributed by atoms with Crippen molar-refractivity contribution in [3.63, 3.8) is 0 Å². The Labute approximate surface area is 119 Å². The molecule has 1 aromatic heterocycles. The number of nitrogens with two attached hydrogens (primary N) is 1. The molecular formula is C15H19N5. The molecule has 0 spiro atoms. The number of benzene rings is 1. The van der Waals surface area contributed by atoms with Crippen molar-refractivity contribution in [2.75, 3.05) is 35.4 Å². The first-order chi connectivity index (χ1) is 9.78. The molecule has 3 rings (SSSR count). The lowest BCUT2D eigenvalue weighted by atomic mass is 10.1. The van der Waals surface area contributed by atoms with Crippen molar-refractivity contribution in [3.8, 4) is 0 Å². The summed E-state index contributed by atoms with van der Waals surface area (Å²) in [5, 5.41) is 0. The Kier molecular flexibility index (Phi) is 3.43. The van der Waals surface area contributed by atoms with Gasteiger partial charge in [-0.15, -0.1) is 0 Å². The zero-order valence-corrected chi connectivity index (χ0v) is 11.6. The average molecular weight is 269 g/mol. The molecule has 0 saturated heterocycles. The molecule has 0 unspecified atom stereocenters. The number of hydrazine groups is 1. The summed E-state index contributed by atoms with van der Waals surface area (Å²) in [6.07, 6.45) is 1.87. The van der Waals surface area contributed by atoms with Gasteiger partial charge in [0.15, 0.2) is 0 Å². The standard InChI is InChI=1S/C15H19N5/c1-19-8-9-20(14-5-3-2-4-13(14)19)11-12-6-7-15(18-16)17-10-12/h2-7,10H,8-9,11,16H2,1H3,(H,17,18). The second-order valence-corrected chi connectivity index (χ2v) is 5.03. The van der Waals surface area contributed by atoms with E-state index in [9.17, 15) is 0 Å². The Balaban J connectivity index is 1.82. The fourth-order valence-electron chi connectivity index (χ4n) is 2.55. The highest BCUT2D eigenvalue weighted by Crippen LogP contribution is 2.32. The van der Waals surface area contributed by atoms with E-state index < -0.39 is 0 Å². The lowest BCUT2D eigenvalue weighted by molar-refractivity contribution is 0.733. The largest absolute Gasteiger partial charge is 0.371 e. The number of nitrogens with zero attached hydrogens (tertiary/aromatic N) is 3. The fourth-order valence-corrected chi connectivity index (χ4v) is 2.55. The third kappa shape index (κ3) is 2.40. The molecule has 1 aliphatic heterocycles. The van der Waals surface area contributed by atoms with Crippen molar-refractivity contribution < 1.29 is 0 Å². The fraction of sp³-hybridized carbons (Fsp3) is 0.267. The summed E-state index contributed by atoms with van der Waals surface area (Å²) in [4.78, 5) is 8.95. The second-order valence-electron chi connectivity index (χ2n) is 5.03. The summed E-state index contributed by atoms with van der Waals surface area (Å²) < 4.78 is 0. The van der Waals surface area contributed by atoms with E-state index in [0.717, 1.165) is 19.6 Å². The van der Waals surface area contributed by atoms with Crippen LogP contribution in [0.3, 0.4) is 0 Å². The molecule has 5 heteroatoms. The number of fused-ring (bicyclic) bond motifs is 1. The molecule has 3 N–H and O–H groups in total. The van der Waals surface area contributed by atoms with E-state index in [2.05, 4.69) is 57.6 Å². The van der Waals surface area contributed by atoms with Crippen LogP contribution in [0.5, 0.6) is 0 Å². The molecule has 0 amide bonds. The normalized spacial score (nSPS) is 14.1. The van der Waals surface area contributed by atoms with Crippen LogP contribution in [0.1, 0.15) is 5.56 Å². The second kappa shape index (κ2) is 5.38. The van der Waals surface area contributed by atoms with Crippen molar-refractivity contribution in [1.29, 1.82) is 0 Å². The highest BCUT2D eigenvalue weighted by Gasteiger charge is 2.19. The van der Waals surface area contributed by atoms with Gasteiger partial charge in [-0.1, -0.05) is 18.2 Å². The minimum Gasteiger partial charge on any atom is -0.371 e. The Morgan fingerprint density at radius 2 is 1.95 bits per heavy atom. The predicted octanol–water partition coefficient (Wildman–Crippen LogP) is 1.82. The van der Waals surface area contributed by atoms with E-state index in [1.807, 2.05) is 12.3 Å². The van der Waals surface area contributed by atoms with Crippen LogP contribution in [0.25, 0.3) is 0 Å². The number of para-hydroxylation sites is 2. The minimum atomic E-state index is 0.688. The molecule has 0 radical (unpaired) electrons. The maximum atomic E-state index is 5.33. The van der Waals surface area contributed by atoms with Gasteiger partial charge in [0.05, 0.1) is 11.4 Å². The lowest BCUT2D eigenvalue weighted by Gasteiger charge is -2.37. The summed E-state index contributed by atoms with van der Waals surface area (Å²) in [5.74, 6) is 6.02. The monoisotopic (exact) mass is 269 g/mol. The maximum Gasteiger partial charge on any atom is 0.139 e. The summed E-state index contributed by atoms with van der Waals surface area (Å²) >= 11 is 0. The van der Waals surface area contributed by atoms with Gasteiger partial charge in [0.25, 0.3) is 0 Å². The van der Waals surface area contributed by atoms with Gasteiger partial charge in [0.1, 0.15) is 5.82 Å². The molecular weight excluding hydrogens is 250 g/mol. The minimum absolute atomic E-state index is 0.688. The van der Waals surface area contributed by atoms with E-state index in [1.54, 1.807) is 0 Å². The number of likely N-dealkylation sites (N-methyl/N-ethyl adjacent to an activating group) is 1. The molecule has 20 heavy (non-hydrogen) atoms. The first kappa shape index (κ1) is 12.7. The maximum absolute atomic E-state index is 5.33. The summed E-state index contributed by atoms with van der Waals surface area (Å²) in [6.45, 7) is 2.92. The van der Waals surface area contributed by atoms with Gasteiger partial charge < -0.3 is 15.2 Å². The van der Waals surface area contributed by atoms with Gasteiger partial charge in [0, 0.05) is 32.9 Å². The first-order valence-corrected chi connectivity index (χ1v) is 6.74. The predicted molar refractivity (Wildman–Crippen MR) is 82.8 cm³/mol. The van der Waals surface area contributed by atoms with Gasteiger partial charge >= 0.3 is 0 Å². The van der Waals surface area contributed by atoms with Crippen LogP contribution in [0.15, 0.2) is 42.6 Å². The van der Waals surface area contributed by atoms with E-state index in [0.29, 0.717) is 5.82 Å². The molecule has 1 aromatic carbocycles.